The Morgan fingerprint density at radius 1 is 1.11 bits per heavy atom. The summed E-state index contributed by atoms with van der Waals surface area (Å²) in [5.74, 6) is 0. The van der Waals surface area contributed by atoms with Crippen LogP contribution in [0, 0.1) is 6.92 Å². The second-order valence-electron chi connectivity index (χ2n) is 6.61. The summed E-state index contributed by atoms with van der Waals surface area (Å²) in [5, 5.41) is 5.77. The fourth-order valence-electron chi connectivity index (χ4n) is 2.72. The van der Waals surface area contributed by atoms with E-state index in [1.54, 1.807) is 6.07 Å². The molecule has 0 spiro atoms. The summed E-state index contributed by atoms with van der Waals surface area (Å²) in [7, 11) is -0.612. The molecule has 146 valence electrons. The van der Waals surface area contributed by atoms with Gasteiger partial charge in [0.05, 0.1) is 10.9 Å². The average Bonchev–Trinajstić information content (AvgIpc) is 2.63. The Bertz CT molecular complexity index is 881. The van der Waals surface area contributed by atoms with Gasteiger partial charge in [0.2, 0.25) is 10.0 Å². The number of nitrogens with zero attached hydrogens (tertiary/aromatic N) is 1. The highest BCUT2D eigenvalue weighted by Gasteiger charge is 2.19. The van der Waals surface area contributed by atoms with Gasteiger partial charge in [0.25, 0.3) is 0 Å². The first kappa shape index (κ1) is 20.9. The molecule has 0 saturated heterocycles. The fraction of sp³-hybridized carbons (Fsp3) is 0.350. The highest BCUT2D eigenvalue weighted by molar-refractivity contribution is 7.89. The lowest BCUT2D eigenvalue weighted by atomic mass is 10.0. The average molecular weight is 390 g/mol. The molecular weight excluding hydrogens is 362 g/mol. The Morgan fingerprint density at radius 2 is 1.78 bits per heavy atom. The standard InChI is InChI=1S/C20H27N3O3S/c1-5-9-18(16-10-7-6-8-11-16)21-20(24)22-19-14-17(13-12-15(19)2)27(25,26)23(3)4/h6-8,10-14,18H,5,9H2,1-4H3,(H2,21,22,24)/t18-/m0/s1. The lowest BCUT2D eigenvalue weighted by Crippen LogP contribution is -2.33. The lowest BCUT2D eigenvalue weighted by molar-refractivity contribution is 0.247. The van der Waals surface area contributed by atoms with Crippen LogP contribution in [0.25, 0.3) is 0 Å². The third-order valence-corrected chi connectivity index (χ3v) is 6.13. The minimum Gasteiger partial charge on any atom is -0.331 e. The normalized spacial score (nSPS) is 12.6. The summed E-state index contributed by atoms with van der Waals surface area (Å²) < 4.78 is 25.8. The molecule has 0 aliphatic rings. The molecule has 27 heavy (non-hydrogen) atoms. The van der Waals surface area contributed by atoms with Crippen molar-refractivity contribution < 1.29 is 13.2 Å². The molecule has 2 aromatic rings. The van der Waals surface area contributed by atoms with Crippen molar-refractivity contribution in [3.05, 3.63) is 59.7 Å². The minimum atomic E-state index is -3.56. The van der Waals surface area contributed by atoms with Crippen molar-refractivity contribution in [1.82, 2.24) is 9.62 Å². The number of benzene rings is 2. The summed E-state index contributed by atoms with van der Waals surface area (Å²) in [6.45, 7) is 3.89. The van der Waals surface area contributed by atoms with Gasteiger partial charge >= 0.3 is 6.03 Å². The van der Waals surface area contributed by atoms with Gasteiger partial charge in [-0.25, -0.2) is 17.5 Å². The van der Waals surface area contributed by atoms with Crippen LogP contribution in [0.15, 0.2) is 53.4 Å². The highest BCUT2D eigenvalue weighted by Crippen LogP contribution is 2.23. The topological polar surface area (TPSA) is 78.5 Å². The summed E-state index contributed by atoms with van der Waals surface area (Å²) in [5.41, 5.74) is 2.29. The van der Waals surface area contributed by atoms with Gasteiger partial charge in [-0.2, -0.15) is 0 Å². The molecule has 1 atom stereocenters. The maximum Gasteiger partial charge on any atom is 0.319 e. The zero-order valence-corrected chi connectivity index (χ0v) is 17.0. The largest absolute Gasteiger partial charge is 0.331 e. The zero-order valence-electron chi connectivity index (χ0n) is 16.2. The lowest BCUT2D eigenvalue weighted by Gasteiger charge is -2.20. The van der Waals surface area contributed by atoms with Crippen LogP contribution in [0.5, 0.6) is 0 Å². The third-order valence-electron chi connectivity index (χ3n) is 4.32. The van der Waals surface area contributed by atoms with Crippen molar-refractivity contribution in [2.75, 3.05) is 19.4 Å². The minimum absolute atomic E-state index is 0.106. The van der Waals surface area contributed by atoms with Crippen molar-refractivity contribution in [3.8, 4) is 0 Å². The zero-order chi connectivity index (χ0) is 20.0. The number of hydrogen-bond acceptors (Lipinski definition) is 3. The molecule has 0 aliphatic carbocycles. The van der Waals surface area contributed by atoms with Crippen LogP contribution in [0.1, 0.15) is 36.9 Å². The molecule has 0 heterocycles. The van der Waals surface area contributed by atoms with E-state index in [9.17, 15) is 13.2 Å². The maximum absolute atomic E-state index is 12.5. The van der Waals surface area contributed by atoms with Crippen LogP contribution >= 0.6 is 0 Å². The van der Waals surface area contributed by atoms with Crippen LogP contribution in [-0.2, 0) is 10.0 Å². The second-order valence-corrected chi connectivity index (χ2v) is 8.77. The maximum atomic E-state index is 12.5. The van der Waals surface area contributed by atoms with Crippen LogP contribution in [-0.4, -0.2) is 32.8 Å². The van der Waals surface area contributed by atoms with Crippen LogP contribution < -0.4 is 10.6 Å². The quantitative estimate of drug-likeness (QED) is 0.754. The summed E-state index contributed by atoms with van der Waals surface area (Å²) in [6, 6.07) is 14.0. The van der Waals surface area contributed by atoms with E-state index in [-0.39, 0.29) is 17.0 Å². The number of nitrogens with one attached hydrogen (secondary N) is 2. The Hall–Kier alpha value is -2.38. The van der Waals surface area contributed by atoms with Gasteiger partial charge in [-0.1, -0.05) is 49.7 Å². The molecule has 0 unspecified atom stereocenters. The van der Waals surface area contributed by atoms with E-state index in [1.165, 1.54) is 26.2 Å². The van der Waals surface area contributed by atoms with Gasteiger partial charge in [0, 0.05) is 19.8 Å². The van der Waals surface area contributed by atoms with E-state index in [2.05, 4.69) is 17.6 Å². The van der Waals surface area contributed by atoms with Crippen LogP contribution in [0.2, 0.25) is 0 Å². The van der Waals surface area contributed by atoms with Crippen molar-refractivity contribution in [2.45, 2.75) is 37.6 Å². The fourth-order valence-corrected chi connectivity index (χ4v) is 3.65. The molecule has 0 bridgehead atoms. The summed E-state index contributed by atoms with van der Waals surface area (Å²) in [4.78, 5) is 12.7. The predicted octanol–water partition coefficient (Wildman–Crippen LogP) is 3.91. The third kappa shape index (κ3) is 5.30. The number of hydrogen-bond donors (Lipinski definition) is 2. The smallest absolute Gasteiger partial charge is 0.319 e. The monoisotopic (exact) mass is 389 g/mol. The molecule has 0 fully saturated rings. The molecule has 2 N–H and O–H groups in total. The van der Waals surface area contributed by atoms with Crippen molar-refractivity contribution >= 4 is 21.7 Å². The molecule has 7 heteroatoms. The number of carbonyl (C=O) groups is 1. The van der Waals surface area contributed by atoms with E-state index in [4.69, 9.17) is 0 Å². The van der Waals surface area contributed by atoms with Gasteiger partial charge < -0.3 is 10.6 Å². The molecule has 6 nitrogen and oxygen atoms in total. The molecule has 0 saturated carbocycles. The van der Waals surface area contributed by atoms with Gasteiger partial charge in [-0.05, 0) is 36.6 Å². The van der Waals surface area contributed by atoms with E-state index in [0.29, 0.717) is 5.69 Å². The first-order chi connectivity index (χ1) is 12.8. The van der Waals surface area contributed by atoms with Gasteiger partial charge in [-0.15, -0.1) is 0 Å². The van der Waals surface area contributed by atoms with E-state index in [1.807, 2.05) is 37.3 Å². The predicted molar refractivity (Wildman–Crippen MR) is 108 cm³/mol. The van der Waals surface area contributed by atoms with Gasteiger partial charge in [0.1, 0.15) is 0 Å². The Labute approximate surface area is 161 Å². The number of amides is 2. The first-order valence-corrected chi connectivity index (χ1v) is 10.4. The summed E-state index contributed by atoms with van der Waals surface area (Å²) in [6.07, 6.45) is 1.74. The number of sulfonamides is 1. The highest BCUT2D eigenvalue weighted by atomic mass is 32.2. The van der Waals surface area contributed by atoms with Gasteiger partial charge in [-0.3, -0.25) is 0 Å². The number of rotatable bonds is 7. The summed E-state index contributed by atoms with van der Waals surface area (Å²) >= 11 is 0. The van der Waals surface area contributed by atoms with E-state index < -0.39 is 10.0 Å². The number of carbonyl (C=O) groups excluding carboxylic acids is 1. The van der Waals surface area contributed by atoms with Crippen LogP contribution in [0.4, 0.5) is 10.5 Å². The van der Waals surface area contributed by atoms with Crippen molar-refractivity contribution in [1.29, 1.82) is 0 Å². The first-order valence-electron chi connectivity index (χ1n) is 8.91. The van der Waals surface area contributed by atoms with E-state index >= 15 is 0 Å². The number of urea groups is 1. The van der Waals surface area contributed by atoms with Crippen molar-refractivity contribution in [2.24, 2.45) is 0 Å². The SMILES string of the molecule is CCC[C@H](NC(=O)Nc1cc(S(=O)(=O)N(C)C)ccc1C)c1ccccc1. The Balaban J connectivity index is 2.19. The molecule has 2 rings (SSSR count). The van der Waals surface area contributed by atoms with E-state index in [0.717, 1.165) is 28.3 Å². The second kappa shape index (κ2) is 9.01. The molecule has 0 aliphatic heterocycles. The van der Waals surface area contributed by atoms with Gasteiger partial charge in [0.15, 0.2) is 0 Å². The number of anilines is 1. The number of aryl methyl sites for hydroxylation is 1. The Morgan fingerprint density at radius 3 is 2.37 bits per heavy atom. The Kier molecular flexibility index (Phi) is 6.98. The molecule has 0 aromatic heterocycles. The molecular formula is C20H27N3O3S. The molecule has 2 amide bonds. The molecule has 2 aromatic carbocycles. The van der Waals surface area contributed by atoms with Crippen LogP contribution in [0.3, 0.4) is 0 Å². The van der Waals surface area contributed by atoms with Crippen molar-refractivity contribution in [3.63, 3.8) is 0 Å². The molecule has 0 radical (unpaired) electrons.